The maximum Gasteiger partial charge on any atom is 0.153 e. The Morgan fingerprint density at radius 1 is 1.00 bits per heavy atom. The lowest BCUT2D eigenvalue weighted by Gasteiger charge is -2.09. The molecule has 0 saturated carbocycles. The normalized spacial score (nSPS) is 11.5. The van der Waals surface area contributed by atoms with Gasteiger partial charge in [0, 0.05) is 58.8 Å². The Morgan fingerprint density at radius 3 is 2.81 bits per heavy atom. The lowest BCUT2D eigenvalue weighted by atomic mass is 9.99. The molecule has 0 amide bonds. The fourth-order valence-corrected chi connectivity index (χ4v) is 3.44. The van der Waals surface area contributed by atoms with Gasteiger partial charge in [-0.2, -0.15) is 5.10 Å². The minimum atomic E-state index is 0.828. The van der Waals surface area contributed by atoms with Crippen LogP contribution in [0.25, 0.3) is 39.1 Å². The van der Waals surface area contributed by atoms with Crippen molar-refractivity contribution >= 4 is 16.7 Å². The quantitative estimate of drug-likeness (QED) is 0.528. The first-order valence-corrected chi connectivity index (χ1v) is 8.41. The highest BCUT2D eigenvalue weighted by atomic mass is 15.2. The predicted octanol–water partition coefficient (Wildman–Crippen LogP) is 3.95. The van der Waals surface area contributed by atoms with Gasteiger partial charge in [0.1, 0.15) is 5.65 Å². The predicted molar refractivity (Wildman–Crippen MR) is 101 cm³/mol. The number of fused-ring (bicyclic) bond motifs is 2. The molecule has 0 aromatic carbocycles. The van der Waals surface area contributed by atoms with Crippen LogP contribution in [0.4, 0.5) is 0 Å². The Kier molecular flexibility index (Phi) is 3.12. The smallest absolute Gasteiger partial charge is 0.153 e. The van der Waals surface area contributed by atoms with E-state index in [1.54, 1.807) is 10.7 Å². The molecule has 0 aliphatic carbocycles. The van der Waals surface area contributed by atoms with Crippen LogP contribution in [0.2, 0.25) is 0 Å². The lowest BCUT2D eigenvalue weighted by Crippen LogP contribution is -1.93. The lowest BCUT2D eigenvalue weighted by molar-refractivity contribution is 0.943. The van der Waals surface area contributed by atoms with Crippen LogP contribution in [0.15, 0.2) is 55.2 Å². The molecule has 0 bridgehead atoms. The number of nitrogens with zero attached hydrogens (tertiary/aromatic N) is 5. The van der Waals surface area contributed by atoms with Crippen molar-refractivity contribution in [3.63, 3.8) is 0 Å². The number of hydrogen-bond acceptors (Lipinski definition) is 4. The molecule has 126 valence electrons. The molecule has 0 fully saturated rings. The van der Waals surface area contributed by atoms with Crippen LogP contribution in [0.3, 0.4) is 0 Å². The second-order valence-electron chi connectivity index (χ2n) is 6.36. The molecule has 0 atom stereocenters. The molecule has 5 aromatic rings. The molecular formula is C20H16N6. The molecule has 5 rings (SSSR count). The summed E-state index contributed by atoms with van der Waals surface area (Å²) in [6.45, 7) is 4.12. The van der Waals surface area contributed by atoms with E-state index in [0.717, 1.165) is 44.8 Å². The minimum absolute atomic E-state index is 0.828. The molecule has 6 nitrogen and oxygen atoms in total. The van der Waals surface area contributed by atoms with E-state index in [0.29, 0.717) is 0 Å². The van der Waals surface area contributed by atoms with E-state index in [2.05, 4.69) is 38.0 Å². The summed E-state index contributed by atoms with van der Waals surface area (Å²) in [7, 11) is 0. The fourth-order valence-electron chi connectivity index (χ4n) is 3.44. The van der Waals surface area contributed by atoms with Crippen LogP contribution in [0, 0.1) is 13.8 Å². The summed E-state index contributed by atoms with van der Waals surface area (Å²) in [5.74, 6) is 0. The molecule has 1 N–H and O–H groups in total. The summed E-state index contributed by atoms with van der Waals surface area (Å²) >= 11 is 0. The first-order chi connectivity index (χ1) is 12.7. The molecule has 5 heterocycles. The van der Waals surface area contributed by atoms with Gasteiger partial charge in [-0.15, -0.1) is 0 Å². The van der Waals surface area contributed by atoms with E-state index in [9.17, 15) is 0 Å². The number of aryl methyl sites for hydroxylation is 2. The molecule has 0 aliphatic heterocycles. The van der Waals surface area contributed by atoms with Gasteiger partial charge in [0.15, 0.2) is 5.65 Å². The van der Waals surface area contributed by atoms with Gasteiger partial charge in [-0.05, 0) is 43.7 Å². The molecule has 0 radical (unpaired) electrons. The molecular weight excluding hydrogens is 324 g/mol. The number of hydrogen-bond donors (Lipinski definition) is 1. The summed E-state index contributed by atoms with van der Waals surface area (Å²) in [5, 5.41) is 5.70. The van der Waals surface area contributed by atoms with E-state index in [1.807, 2.05) is 49.9 Å². The van der Waals surface area contributed by atoms with E-state index < -0.39 is 0 Å². The minimum Gasteiger partial charge on any atom is -0.345 e. The van der Waals surface area contributed by atoms with Crippen molar-refractivity contribution < 1.29 is 0 Å². The molecule has 6 heteroatoms. The first kappa shape index (κ1) is 14.8. The standard InChI is InChI=1S/C20H16N6/c1-12-5-6-21-13(2)19(12)14-9-15-16(11-24-20(15)23-10-14)17-3-4-18-22-7-8-26(18)25-17/h3-11H,1-2H3,(H,23,24). The van der Waals surface area contributed by atoms with Crippen LogP contribution < -0.4 is 0 Å². The second-order valence-corrected chi connectivity index (χ2v) is 6.36. The number of pyridine rings is 2. The van der Waals surface area contributed by atoms with Gasteiger partial charge in [0.2, 0.25) is 0 Å². The molecule has 0 unspecified atom stereocenters. The summed E-state index contributed by atoms with van der Waals surface area (Å²) < 4.78 is 1.78. The van der Waals surface area contributed by atoms with Crippen LogP contribution >= 0.6 is 0 Å². The van der Waals surface area contributed by atoms with Crippen molar-refractivity contribution in [2.24, 2.45) is 0 Å². The SMILES string of the molecule is Cc1ccnc(C)c1-c1cnc2[nH]cc(-c3ccc4nccn4n3)c2c1. The van der Waals surface area contributed by atoms with E-state index in [4.69, 9.17) is 0 Å². The summed E-state index contributed by atoms with van der Waals surface area (Å²) in [6.07, 6.45) is 9.28. The zero-order chi connectivity index (χ0) is 17.7. The Labute approximate surface area is 149 Å². The van der Waals surface area contributed by atoms with Gasteiger partial charge in [0.25, 0.3) is 0 Å². The third-order valence-electron chi connectivity index (χ3n) is 4.70. The molecule has 26 heavy (non-hydrogen) atoms. The highest BCUT2D eigenvalue weighted by Gasteiger charge is 2.13. The molecule has 0 saturated heterocycles. The van der Waals surface area contributed by atoms with E-state index in [1.165, 1.54) is 5.56 Å². The molecule has 0 spiro atoms. The van der Waals surface area contributed by atoms with Gasteiger partial charge in [-0.25, -0.2) is 14.5 Å². The average Bonchev–Trinajstić information content (AvgIpc) is 3.27. The summed E-state index contributed by atoms with van der Waals surface area (Å²) in [4.78, 5) is 16.5. The maximum absolute atomic E-state index is 4.66. The van der Waals surface area contributed by atoms with E-state index in [-0.39, 0.29) is 0 Å². The van der Waals surface area contributed by atoms with Gasteiger partial charge in [-0.3, -0.25) is 4.98 Å². The van der Waals surface area contributed by atoms with Crippen LogP contribution in [0.5, 0.6) is 0 Å². The van der Waals surface area contributed by atoms with Crippen LogP contribution in [-0.2, 0) is 0 Å². The van der Waals surface area contributed by atoms with Crippen molar-refractivity contribution in [1.82, 2.24) is 29.5 Å². The summed E-state index contributed by atoms with van der Waals surface area (Å²) in [5.41, 5.74) is 7.95. The second kappa shape index (κ2) is 5.49. The van der Waals surface area contributed by atoms with Gasteiger partial charge < -0.3 is 4.98 Å². The Hall–Kier alpha value is -3.54. The van der Waals surface area contributed by atoms with Crippen LogP contribution in [-0.4, -0.2) is 29.5 Å². The number of imidazole rings is 1. The zero-order valence-electron chi connectivity index (χ0n) is 14.4. The van der Waals surface area contributed by atoms with E-state index >= 15 is 0 Å². The molecule has 0 aliphatic rings. The van der Waals surface area contributed by atoms with Gasteiger partial charge in [0.05, 0.1) is 5.69 Å². The third-order valence-corrected chi connectivity index (χ3v) is 4.70. The van der Waals surface area contributed by atoms with Crippen molar-refractivity contribution in [3.05, 3.63) is 66.5 Å². The Bertz CT molecular complexity index is 1240. The largest absolute Gasteiger partial charge is 0.345 e. The highest BCUT2D eigenvalue weighted by Crippen LogP contribution is 2.32. The van der Waals surface area contributed by atoms with Crippen molar-refractivity contribution in [2.75, 3.05) is 0 Å². The number of rotatable bonds is 2. The first-order valence-electron chi connectivity index (χ1n) is 8.41. The number of aromatic amines is 1. The molecule has 5 aromatic heterocycles. The Balaban J connectivity index is 1.72. The Morgan fingerprint density at radius 2 is 1.92 bits per heavy atom. The fraction of sp³-hybridized carbons (Fsp3) is 0.100. The van der Waals surface area contributed by atoms with Gasteiger partial charge >= 0.3 is 0 Å². The van der Waals surface area contributed by atoms with Crippen molar-refractivity contribution in [2.45, 2.75) is 13.8 Å². The number of H-pyrrole nitrogens is 1. The topological polar surface area (TPSA) is 71.8 Å². The highest BCUT2D eigenvalue weighted by molar-refractivity contribution is 5.95. The third kappa shape index (κ3) is 2.19. The van der Waals surface area contributed by atoms with Crippen molar-refractivity contribution in [1.29, 1.82) is 0 Å². The number of nitrogens with one attached hydrogen (secondary N) is 1. The monoisotopic (exact) mass is 340 g/mol. The van der Waals surface area contributed by atoms with Crippen LogP contribution in [0.1, 0.15) is 11.3 Å². The zero-order valence-corrected chi connectivity index (χ0v) is 14.4. The maximum atomic E-state index is 4.66. The average molecular weight is 340 g/mol. The summed E-state index contributed by atoms with van der Waals surface area (Å²) in [6, 6.07) is 8.14. The number of aromatic nitrogens is 6. The van der Waals surface area contributed by atoms with Crippen molar-refractivity contribution in [3.8, 4) is 22.4 Å². The van der Waals surface area contributed by atoms with Gasteiger partial charge in [-0.1, -0.05) is 0 Å².